The summed E-state index contributed by atoms with van der Waals surface area (Å²) < 4.78 is 0. The van der Waals surface area contributed by atoms with E-state index in [1.807, 2.05) is 17.5 Å². The Labute approximate surface area is 86.7 Å². The fourth-order valence-electron chi connectivity index (χ4n) is 1.59. The maximum Gasteiger partial charge on any atom is 0.146 e. The molecule has 3 nitrogen and oxygen atoms in total. The van der Waals surface area contributed by atoms with Gasteiger partial charge in [0.2, 0.25) is 0 Å². The van der Waals surface area contributed by atoms with Gasteiger partial charge in [0.05, 0.1) is 11.4 Å². The van der Waals surface area contributed by atoms with Gasteiger partial charge in [-0.2, -0.15) is 0 Å². The lowest BCUT2D eigenvalue weighted by Crippen LogP contribution is -2.20. The van der Waals surface area contributed by atoms with Crippen molar-refractivity contribution in [3.8, 4) is 0 Å². The first-order chi connectivity index (χ1) is 6.75. The van der Waals surface area contributed by atoms with Crippen LogP contribution in [0.1, 0.15) is 11.4 Å². The van der Waals surface area contributed by atoms with Gasteiger partial charge < -0.3 is 5.73 Å². The molecule has 0 aromatic carbocycles. The van der Waals surface area contributed by atoms with E-state index in [1.54, 1.807) is 6.20 Å². The zero-order valence-electron chi connectivity index (χ0n) is 7.72. The number of nitrogens with two attached hydrogens (primary N) is 1. The molecule has 1 aliphatic rings. The molecule has 1 aliphatic carbocycles. The van der Waals surface area contributed by atoms with E-state index in [1.165, 1.54) is 11.3 Å². The normalized spacial score (nSPS) is 25.5. The molecule has 14 heavy (non-hydrogen) atoms. The molecule has 0 saturated carbocycles. The van der Waals surface area contributed by atoms with Gasteiger partial charge in [-0.05, 0) is 6.42 Å². The number of nitrogens with zero attached hydrogens (tertiary/aromatic N) is 1. The molecule has 0 spiro atoms. The number of allylic oxidation sites excluding steroid dienone is 1. The van der Waals surface area contributed by atoms with E-state index in [0.717, 1.165) is 11.4 Å². The molecule has 1 aromatic rings. The molecule has 0 saturated heterocycles. The molecule has 0 aliphatic heterocycles. The van der Waals surface area contributed by atoms with E-state index in [9.17, 15) is 4.79 Å². The van der Waals surface area contributed by atoms with Crippen molar-refractivity contribution in [2.45, 2.75) is 18.9 Å². The second-order valence-corrected chi connectivity index (χ2v) is 4.44. The van der Waals surface area contributed by atoms with Crippen molar-refractivity contribution < 1.29 is 4.79 Å². The zero-order valence-corrected chi connectivity index (χ0v) is 8.54. The number of hydrogen-bond donors (Lipinski definition) is 1. The molecule has 1 heterocycles. The van der Waals surface area contributed by atoms with Crippen molar-refractivity contribution in [2.75, 3.05) is 0 Å². The Kier molecular flexibility index (Phi) is 2.74. The van der Waals surface area contributed by atoms with E-state index in [-0.39, 0.29) is 17.7 Å². The van der Waals surface area contributed by atoms with Crippen LogP contribution in [0, 0.1) is 5.92 Å². The second kappa shape index (κ2) is 4.02. The molecule has 0 bridgehead atoms. The number of carbonyl (C=O) groups is 1. The minimum Gasteiger partial charge on any atom is -0.324 e. The van der Waals surface area contributed by atoms with Crippen LogP contribution >= 0.6 is 11.3 Å². The molecular formula is C10H12N2OS. The minimum absolute atomic E-state index is 0.00824. The molecule has 0 radical (unpaired) electrons. The van der Waals surface area contributed by atoms with Crippen molar-refractivity contribution in [3.05, 3.63) is 28.7 Å². The fourth-order valence-corrected chi connectivity index (χ4v) is 2.21. The Morgan fingerprint density at radius 1 is 1.64 bits per heavy atom. The van der Waals surface area contributed by atoms with E-state index in [0.29, 0.717) is 6.42 Å². The van der Waals surface area contributed by atoms with Crippen molar-refractivity contribution in [2.24, 2.45) is 11.7 Å². The lowest BCUT2D eigenvalue weighted by atomic mass is 10.0. The molecule has 4 heteroatoms. The summed E-state index contributed by atoms with van der Waals surface area (Å²) in [5, 5.41) is 2.78. The number of thiazole rings is 1. The van der Waals surface area contributed by atoms with Crippen molar-refractivity contribution in [1.82, 2.24) is 4.98 Å². The van der Waals surface area contributed by atoms with Crippen LogP contribution in [0.5, 0.6) is 0 Å². The lowest BCUT2D eigenvalue weighted by Gasteiger charge is -2.06. The van der Waals surface area contributed by atoms with Crippen LogP contribution in [0.3, 0.4) is 0 Å². The van der Waals surface area contributed by atoms with Gasteiger partial charge in [-0.15, -0.1) is 11.3 Å². The predicted octanol–water partition coefficient (Wildman–Crippen LogP) is 1.16. The number of carbonyl (C=O) groups excluding carboxylic acids is 1. The Morgan fingerprint density at radius 3 is 3.07 bits per heavy atom. The van der Waals surface area contributed by atoms with Gasteiger partial charge in [-0.25, -0.2) is 4.98 Å². The topological polar surface area (TPSA) is 56.0 Å². The predicted molar refractivity (Wildman–Crippen MR) is 56.0 cm³/mol. The fraction of sp³-hybridized carbons (Fsp3) is 0.400. The average Bonchev–Trinajstić information content (AvgIpc) is 2.75. The smallest absolute Gasteiger partial charge is 0.146 e. The SMILES string of the molecule is NC1C=CC(C(=O)Cc2nccs2)C1. The highest BCUT2D eigenvalue weighted by Gasteiger charge is 2.22. The van der Waals surface area contributed by atoms with Gasteiger partial charge in [-0.3, -0.25) is 4.79 Å². The number of hydrogen-bond acceptors (Lipinski definition) is 4. The minimum atomic E-state index is 0.00824. The first kappa shape index (κ1) is 9.55. The second-order valence-electron chi connectivity index (χ2n) is 3.46. The van der Waals surface area contributed by atoms with Gasteiger partial charge in [0.1, 0.15) is 5.78 Å². The summed E-state index contributed by atoms with van der Waals surface area (Å²) >= 11 is 1.52. The van der Waals surface area contributed by atoms with Crippen LogP contribution in [0.4, 0.5) is 0 Å². The third-order valence-electron chi connectivity index (χ3n) is 2.34. The average molecular weight is 208 g/mol. The Bertz CT molecular complexity index is 345. The van der Waals surface area contributed by atoms with Crippen LogP contribution in [0.15, 0.2) is 23.7 Å². The van der Waals surface area contributed by atoms with Gasteiger partial charge in [0.25, 0.3) is 0 Å². The first-order valence-electron chi connectivity index (χ1n) is 4.60. The van der Waals surface area contributed by atoms with E-state index < -0.39 is 0 Å². The quantitative estimate of drug-likeness (QED) is 0.758. The summed E-state index contributed by atoms with van der Waals surface area (Å²) in [5.74, 6) is 0.234. The molecule has 74 valence electrons. The first-order valence-corrected chi connectivity index (χ1v) is 5.48. The maximum atomic E-state index is 11.7. The third kappa shape index (κ3) is 2.08. The van der Waals surface area contributed by atoms with Crippen LogP contribution in [0.2, 0.25) is 0 Å². The zero-order chi connectivity index (χ0) is 9.97. The molecular weight excluding hydrogens is 196 g/mol. The van der Waals surface area contributed by atoms with Crippen LogP contribution in [0.25, 0.3) is 0 Å². The van der Waals surface area contributed by atoms with E-state index in [2.05, 4.69) is 4.98 Å². The summed E-state index contributed by atoms with van der Waals surface area (Å²) in [7, 11) is 0. The number of aromatic nitrogens is 1. The highest BCUT2D eigenvalue weighted by atomic mass is 32.1. The summed E-state index contributed by atoms with van der Waals surface area (Å²) in [5.41, 5.74) is 5.68. The van der Waals surface area contributed by atoms with Crippen molar-refractivity contribution in [1.29, 1.82) is 0 Å². The number of ketones is 1. The molecule has 2 N–H and O–H groups in total. The highest BCUT2D eigenvalue weighted by Crippen LogP contribution is 2.19. The van der Waals surface area contributed by atoms with Crippen molar-refractivity contribution >= 4 is 17.1 Å². The number of Topliss-reactive ketones (excluding diaryl/α,β-unsaturated/α-hetero) is 1. The van der Waals surface area contributed by atoms with Crippen LogP contribution < -0.4 is 5.73 Å². The van der Waals surface area contributed by atoms with Gasteiger partial charge in [0.15, 0.2) is 0 Å². The van der Waals surface area contributed by atoms with Crippen molar-refractivity contribution in [3.63, 3.8) is 0 Å². The third-order valence-corrected chi connectivity index (χ3v) is 3.12. The standard InChI is InChI=1S/C10H12N2OS/c11-8-2-1-7(5-8)9(13)6-10-12-3-4-14-10/h1-4,7-8H,5-6,11H2. The Hall–Kier alpha value is -1.00. The summed E-state index contributed by atoms with van der Waals surface area (Å²) in [6, 6.07) is 0.0558. The molecule has 0 fully saturated rings. The Balaban J connectivity index is 1.94. The number of rotatable bonds is 3. The van der Waals surface area contributed by atoms with Gasteiger partial charge in [-0.1, -0.05) is 12.2 Å². The lowest BCUT2D eigenvalue weighted by molar-refractivity contribution is -0.120. The highest BCUT2D eigenvalue weighted by molar-refractivity contribution is 7.09. The summed E-state index contributed by atoms with van der Waals surface area (Å²) in [6.45, 7) is 0. The van der Waals surface area contributed by atoms with Crippen LogP contribution in [-0.4, -0.2) is 16.8 Å². The molecule has 0 amide bonds. The molecule has 2 unspecified atom stereocenters. The molecule has 2 atom stereocenters. The van der Waals surface area contributed by atoms with Gasteiger partial charge >= 0.3 is 0 Å². The van der Waals surface area contributed by atoms with Gasteiger partial charge in [0, 0.05) is 23.5 Å². The summed E-state index contributed by atoms with van der Waals surface area (Å²) in [6.07, 6.45) is 6.75. The summed E-state index contributed by atoms with van der Waals surface area (Å²) in [4.78, 5) is 15.8. The van der Waals surface area contributed by atoms with Crippen LogP contribution in [-0.2, 0) is 11.2 Å². The molecule has 1 aromatic heterocycles. The van der Waals surface area contributed by atoms with E-state index in [4.69, 9.17) is 5.73 Å². The molecule has 2 rings (SSSR count). The van der Waals surface area contributed by atoms with E-state index >= 15 is 0 Å². The monoisotopic (exact) mass is 208 g/mol. The maximum absolute atomic E-state index is 11.7. The Morgan fingerprint density at radius 2 is 2.50 bits per heavy atom. The largest absolute Gasteiger partial charge is 0.324 e.